The van der Waals surface area contributed by atoms with E-state index in [1.807, 2.05) is 42.7 Å². The monoisotopic (exact) mass is 420 g/mol. The number of benzene rings is 1. The minimum atomic E-state index is -0.716. The third kappa shape index (κ3) is 6.35. The Balaban J connectivity index is 1.93. The van der Waals surface area contributed by atoms with Crippen molar-refractivity contribution in [2.45, 2.75) is 32.0 Å². The number of nitrogens with zero attached hydrogens (tertiary/aromatic N) is 1. The topological polar surface area (TPSA) is 102 Å². The quantitative estimate of drug-likeness (QED) is 0.249. The van der Waals surface area contributed by atoms with E-state index >= 15 is 0 Å². The summed E-state index contributed by atoms with van der Waals surface area (Å²) in [6.45, 7) is 1.73. The molecule has 9 heteroatoms. The molecule has 1 aliphatic heterocycles. The average Bonchev–Trinajstić information content (AvgIpc) is 2.74. The minimum Gasteiger partial charge on any atom is -0.469 e. The lowest BCUT2D eigenvalue weighted by Crippen LogP contribution is -2.70. The van der Waals surface area contributed by atoms with E-state index in [-0.39, 0.29) is 31.4 Å². The van der Waals surface area contributed by atoms with Crippen molar-refractivity contribution in [1.82, 2.24) is 10.2 Å². The lowest BCUT2D eigenvalue weighted by Gasteiger charge is -2.46. The second kappa shape index (κ2) is 11.3. The summed E-state index contributed by atoms with van der Waals surface area (Å²) in [4.78, 5) is 47.9. The number of methoxy groups -OCH3 is 1. The van der Waals surface area contributed by atoms with Gasteiger partial charge in [-0.2, -0.15) is 0 Å². The van der Waals surface area contributed by atoms with E-state index < -0.39 is 18.1 Å². The molecule has 2 atom stereocenters. The second-order valence-electron chi connectivity index (χ2n) is 6.38. The van der Waals surface area contributed by atoms with Gasteiger partial charge in [-0.25, -0.2) is 0 Å². The first-order valence-electron chi connectivity index (χ1n) is 9.02. The van der Waals surface area contributed by atoms with Crippen LogP contribution in [0.1, 0.15) is 18.9 Å². The number of esters is 2. The van der Waals surface area contributed by atoms with Crippen molar-refractivity contribution in [1.29, 1.82) is 0 Å². The molecule has 0 saturated carbocycles. The van der Waals surface area contributed by atoms with Gasteiger partial charge in [-0.15, -0.1) is 11.8 Å². The van der Waals surface area contributed by atoms with Crippen LogP contribution in [0.3, 0.4) is 0 Å². The van der Waals surface area contributed by atoms with Gasteiger partial charge in [0.15, 0.2) is 0 Å². The Kier molecular flexibility index (Phi) is 8.72. The molecule has 0 aliphatic carbocycles. The van der Waals surface area contributed by atoms with Crippen molar-refractivity contribution in [3.8, 4) is 0 Å². The zero-order valence-corrected chi connectivity index (χ0v) is 17.1. The fourth-order valence-corrected chi connectivity index (χ4v) is 3.70. The van der Waals surface area contributed by atoms with E-state index in [0.29, 0.717) is 12.2 Å². The number of likely N-dealkylation sites (tertiary alicyclic amines) is 1. The lowest BCUT2D eigenvalue weighted by atomic mass is 9.90. The summed E-state index contributed by atoms with van der Waals surface area (Å²) in [6.07, 6.45) is 0.735. The van der Waals surface area contributed by atoms with Crippen LogP contribution in [0.25, 0.3) is 0 Å². The number of thioether (sulfide) groups is 1. The molecule has 2 unspecified atom stereocenters. The SMILES string of the molecule is COC(=O)CCSC=C(C)C1C(NC=O)C(=O)N1CC(=O)OCc1ccccc1. The predicted octanol–water partition coefficient (Wildman–Crippen LogP) is 1.26. The van der Waals surface area contributed by atoms with Gasteiger partial charge in [0.05, 0.1) is 19.6 Å². The Morgan fingerprint density at radius 2 is 1.97 bits per heavy atom. The molecule has 1 N–H and O–H groups in total. The van der Waals surface area contributed by atoms with E-state index in [2.05, 4.69) is 10.1 Å². The van der Waals surface area contributed by atoms with Gasteiger partial charge in [0.1, 0.15) is 19.2 Å². The molecule has 1 saturated heterocycles. The highest BCUT2D eigenvalue weighted by atomic mass is 32.2. The van der Waals surface area contributed by atoms with Gasteiger partial charge in [-0.3, -0.25) is 19.2 Å². The first kappa shape index (κ1) is 22.5. The van der Waals surface area contributed by atoms with Crippen molar-refractivity contribution in [3.05, 3.63) is 46.9 Å². The van der Waals surface area contributed by atoms with E-state index in [1.54, 1.807) is 0 Å². The highest BCUT2D eigenvalue weighted by Crippen LogP contribution is 2.28. The van der Waals surface area contributed by atoms with E-state index in [9.17, 15) is 19.2 Å². The zero-order chi connectivity index (χ0) is 21.2. The van der Waals surface area contributed by atoms with Crippen molar-refractivity contribution >= 4 is 36.0 Å². The maximum atomic E-state index is 12.3. The van der Waals surface area contributed by atoms with Crippen molar-refractivity contribution in [3.63, 3.8) is 0 Å². The maximum absolute atomic E-state index is 12.3. The van der Waals surface area contributed by atoms with Crippen molar-refractivity contribution < 1.29 is 28.7 Å². The molecule has 1 aromatic rings. The summed E-state index contributed by atoms with van der Waals surface area (Å²) in [5.41, 5.74) is 1.65. The Hall–Kier alpha value is -2.81. The molecular formula is C20H24N2O6S. The van der Waals surface area contributed by atoms with Crippen LogP contribution >= 0.6 is 11.8 Å². The van der Waals surface area contributed by atoms with Crippen LogP contribution in [-0.4, -0.2) is 60.6 Å². The normalized spacial score (nSPS) is 18.6. The van der Waals surface area contributed by atoms with Gasteiger partial charge in [0, 0.05) is 5.75 Å². The van der Waals surface area contributed by atoms with E-state index in [4.69, 9.17) is 4.74 Å². The predicted molar refractivity (Wildman–Crippen MR) is 108 cm³/mol. The van der Waals surface area contributed by atoms with E-state index in [0.717, 1.165) is 11.1 Å². The smallest absolute Gasteiger partial charge is 0.326 e. The molecule has 1 heterocycles. The second-order valence-corrected chi connectivity index (χ2v) is 7.36. The standard InChI is InChI=1S/C20H24N2O6S/c1-14(12-29-9-8-16(24)27-2)19-18(21-13-23)20(26)22(19)10-17(25)28-11-15-6-4-3-5-7-15/h3-7,12-13,18-19H,8-11H2,1-2H3,(H,21,23). The summed E-state index contributed by atoms with van der Waals surface area (Å²) in [6, 6.07) is 8.09. The van der Waals surface area contributed by atoms with Gasteiger partial charge < -0.3 is 19.7 Å². The zero-order valence-electron chi connectivity index (χ0n) is 16.3. The van der Waals surface area contributed by atoms with Crippen LogP contribution in [0.15, 0.2) is 41.3 Å². The molecule has 2 amide bonds. The number of rotatable bonds is 11. The number of ether oxygens (including phenoxy) is 2. The third-order valence-corrected chi connectivity index (χ3v) is 5.36. The fourth-order valence-electron chi connectivity index (χ4n) is 2.90. The number of β-lactam (4-membered cyclic amide) rings is 1. The Morgan fingerprint density at radius 1 is 1.24 bits per heavy atom. The van der Waals surface area contributed by atoms with Gasteiger partial charge in [-0.05, 0) is 23.5 Å². The van der Waals surface area contributed by atoms with Crippen molar-refractivity contribution in [2.24, 2.45) is 0 Å². The van der Waals surface area contributed by atoms with Gasteiger partial charge in [0.2, 0.25) is 12.3 Å². The number of hydrogen-bond donors (Lipinski definition) is 1. The molecule has 1 aliphatic rings. The largest absolute Gasteiger partial charge is 0.469 e. The van der Waals surface area contributed by atoms with Crippen LogP contribution < -0.4 is 5.32 Å². The molecule has 156 valence electrons. The summed E-state index contributed by atoms with van der Waals surface area (Å²) in [5, 5.41) is 4.31. The molecule has 0 radical (unpaired) electrons. The molecule has 0 spiro atoms. The van der Waals surface area contributed by atoms with Gasteiger partial charge >= 0.3 is 11.9 Å². The Morgan fingerprint density at radius 3 is 2.62 bits per heavy atom. The first-order chi connectivity index (χ1) is 14.0. The Labute approximate surface area is 173 Å². The molecule has 1 aromatic carbocycles. The summed E-state index contributed by atoms with van der Waals surface area (Å²) in [7, 11) is 1.33. The highest BCUT2D eigenvalue weighted by molar-refractivity contribution is 8.02. The number of nitrogens with one attached hydrogen (secondary N) is 1. The third-order valence-electron chi connectivity index (χ3n) is 4.38. The van der Waals surface area contributed by atoms with Gasteiger partial charge in [-0.1, -0.05) is 30.3 Å². The minimum absolute atomic E-state index is 0.126. The molecule has 1 fully saturated rings. The van der Waals surface area contributed by atoms with Crippen LogP contribution in [0.4, 0.5) is 0 Å². The molecule has 2 rings (SSSR count). The number of carbonyl (C=O) groups is 4. The summed E-state index contributed by atoms with van der Waals surface area (Å²) in [5.74, 6) is -0.644. The Bertz CT molecular complexity index is 767. The molecule has 0 aromatic heterocycles. The number of carbonyl (C=O) groups excluding carboxylic acids is 4. The van der Waals surface area contributed by atoms with Crippen LogP contribution in [0, 0.1) is 0 Å². The molecule has 0 bridgehead atoms. The first-order valence-corrected chi connectivity index (χ1v) is 10.1. The summed E-state index contributed by atoms with van der Waals surface area (Å²) >= 11 is 1.40. The number of amides is 2. The highest BCUT2D eigenvalue weighted by Gasteiger charge is 2.48. The number of hydrogen-bond acceptors (Lipinski definition) is 7. The maximum Gasteiger partial charge on any atom is 0.326 e. The van der Waals surface area contributed by atoms with Gasteiger partial charge in [0.25, 0.3) is 0 Å². The van der Waals surface area contributed by atoms with Crippen LogP contribution in [0.5, 0.6) is 0 Å². The van der Waals surface area contributed by atoms with Crippen LogP contribution in [0.2, 0.25) is 0 Å². The lowest BCUT2D eigenvalue weighted by molar-refractivity contribution is -0.160. The molecule has 29 heavy (non-hydrogen) atoms. The molecule has 8 nitrogen and oxygen atoms in total. The van der Waals surface area contributed by atoms with E-state index in [1.165, 1.54) is 23.8 Å². The average molecular weight is 420 g/mol. The molecular weight excluding hydrogens is 396 g/mol. The van der Waals surface area contributed by atoms with Crippen LogP contribution in [-0.2, 0) is 35.3 Å². The summed E-state index contributed by atoms with van der Waals surface area (Å²) < 4.78 is 9.83. The fraction of sp³-hybridized carbons (Fsp3) is 0.400. The van der Waals surface area contributed by atoms with Crippen molar-refractivity contribution in [2.75, 3.05) is 19.4 Å².